The number of hydrogen-bond acceptors (Lipinski definition) is 6. The van der Waals surface area contributed by atoms with Crippen molar-refractivity contribution >= 4 is 22.7 Å². The molecule has 0 fully saturated rings. The molecule has 0 aliphatic rings. The van der Waals surface area contributed by atoms with Crippen molar-refractivity contribution < 1.29 is 0 Å². The number of nitrogens with two attached hydrogens (primary N) is 1. The summed E-state index contributed by atoms with van der Waals surface area (Å²) in [7, 11) is 4.03. The van der Waals surface area contributed by atoms with Gasteiger partial charge >= 0.3 is 0 Å². The number of nitrogen functional groups attached to an aromatic ring is 1. The van der Waals surface area contributed by atoms with Gasteiger partial charge in [0.2, 0.25) is 0 Å². The van der Waals surface area contributed by atoms with Crippen LogP contribution in [0.5, 0.6) is 0 Å². The zero-order valence-electron chi connectivity index (χ0n) is 14.6. The lowest BCUT2D eigenvalue weighted by molar-refractivity contribution is 1.13. The van der Waals surface area contributed by atoms with Crippen molar-refractivity contribution in [3.05, 3.63) is 60.9 Å². The summed E-state index contributed by atoms with van der Waals surface area (Å²) in [4.78, 5) is 19.8. The van der Waals surface area contributed by atoms with E-state index >= 15 is 0 Å². The number of benzene rings is 2. The van der Waals surface area contributed by atoms with Gasteiger partial charge in [-0.3, -0.25) is 0 Å². The fourth-order valence-corrected chi connectivity index (χ4v) is 2.81. The minimum atomic E-state index is 0.328. The Labute approximate surface area is 151 Å². The molecule has 6 heteroatoms. The highest BCUT2D eigenvalue weighted by Crippen LogP contribution is 2.32. The van der Waals surface area contributed by atoms with Gasteiger partial charge in [0, 0.05) is 30.9 Å². The van der Waals surface area contributed by atoms with Crippen LogP contribution in [0.3, 0.4) is 0 Å². The summed E-state index contributed by atoms with van der Waals surface area (Å²) in [5.41, 5.74) is 11.6. The highest BCUT2D eigenvalue weighted by molar-refractivity contribution is 5.88. The lowest BCUT2D eigenvalue weighted by Crippen LogP contribution is -2.08. The van der Waals surface area contributed by atoms with Crippen LogP contribution in [0.1, 0.15) is 0 Å². The average molecular weight is 342 g/mol. The van der Waals surface area contributed by atoms with Gasteiger partial charge in [0.25, 0.3) is 0 Å². The Morgan fingerprint density at radius 1 is 0.769 bits per heavy atom. The first-order valence-corrected chi connectivity index (χ1v) is 8.25. The zero-order chi connectivity index (χ0) is 18.1. The Morgan fingerprint density at radius 3 is 2.12 bits per heavy atom. The van der Waals surface area contributed by atoms with E-state index in [9.17, 15) is 0 Å². The predicted molar refractivity (Wildman–Crippen MR) is 105 cm³/mol. The van der Waals surface area contributed by atoms with Gasteiger partial charge in [-0.2, -0.15) is 0 Å². The summed E-state index contributed by atoms with van der Waals surface area (Å²) in [6, 6.07) is 18.1. The number of hydrogen-bond donors (Lipinski definition) is 1. The van der Waals surface area contributed by atoms with Crippen molar-refractivity contribution in [2.75, 3.05) is 24.7 Å². The van der Waals surface area contributed by atoms with Gasteiger partial charge in [-0.15, -0.1) is 0 Å². The van der Waals surface area contributed by atoms with Crippen LogP contribution in [0.15, 0.2) is 60.9 Å². The predicted octanol–water partition coefficient (Wildman–Crippen LogP) is 3.40. The fraction of sp³-hybridized carbons (Fsp3) is 0.100. The average Bonchev–Trinajstić information content (AvgIpc) is 2.68. The molecule has 0 spiro atoms. The summed E-state index contributed by atoms with van der Waals surface area (Å²) in [5, 5.41) is 0. The van der Waals surface area contributed by atoms with Crippen LogP contribution in [0.4, 0.5) is 11.5 Å². The monoisotopic (exact) mass is 342 g/mol. The Balaban J connectivity index is 1.97. The third kappa shape index (κ3) is 2.82. The molecule has 0 saturated heterocycles. The minimum absolute atomic E-state index is 0.328. The van der Waals surface area contributed by atoms with Gasteiger partial charge in [0.1, 0.15) is 6.33 Å². The number of anilines is 2. The van der Waals surface area contributed by atoms with E-state index < -0.39 is 0 Å². The molecule has 0 unspecified atom stereocenters. The molecule has 128 valence electrons. The molecule has 0 amide bonds. The zero-order valence-corrected chi connectivity index (χ0v) is 14.6. The molecule has 0 radical (unpaired) electrons. The summed E-state index contributed by atoms with van der Waals surface area (Å²) < 4.78 is 0. The highest BCUT2D eigenvalue weighted by Gasteiger charge is 2.15. The van der Waals surface area contributed by atoms with Crippen molar-refractivity contribution in [1.82, 2.24) is 19.9 Å². The topological polar surface area (TPSA) is 80.8 Å². The SMILES string of the molecule is CN(C)c1ccc(-c2nc3ncnc(N)c3nc2-c2ccccc2)cc1. The lowest BCUT2D eigenvalue weighted by Gasteiger charge is -2.14. The summed E-state index contributed by atoms with van der Waals surface area (Å²) in [6.45, 7) is 0. The first-order chi connectivity index (χ1) is 12.6. The molecular formula is C20H18N6. The molecule has 0 saturated carbocycles. The Morgan fingerprint density at radius 2 is 1.42 bits per heavy atom. The summed E-state index contributed by atoms with van der Waals surface area (Å²) >= 11 is 0. The fourth-order valence-electron chi connectivity index (χ4n) is 2.81. The van der Waals surface area contributed by atoms with E-state index in [1.807, 2.05) is 56.6 Å². The first-order valence-electron chi connectivity index (χ1n) is 8.25. The second kappa shape index (κ2) is 6.40. The molecule has 0 aliphatic heterocycles. The van der Waals surface area contributed by atoms with Gasteiger partial charge < -0.3 is 10.6 Å². The lowest BCUT2D eigenvalue weighted by atomic mass is 10.0. The Kier molecular flexibility index (Phi) is 3.93. The van der Waals surface area contributed by atoms with Crippen molar-refractivity contribution in [3.8, 4) is 22.5 Å². The van der Waals surface area contributed by atoms with Gasteiger partial charge in [-0.25, -0.2) is 19.9 Å². The molecule has 0 aliphatic carbocycles. The number of nitrogens with zero attached hydrogens (tertiary/aromatic N) is 5. The van der Waals surface area contributed by atoms with Gasteiger partial charge in [-0.1, -0.05) is 42.5 Å². The van der Waals surface area contributed by atoms with E-state index in [0.717, 1.165) is 28.2 Å². The molecule has 2 aromatic carbocycles. The van der Waals surface area contributed by atoms with Gasteiger partial charge in [0.15, 0.2) is 17.0 Å². The third-order valence-corrected chi connectivity index (χ3v) is 4.20. The van der Waals surface area contributed by atoms with Crippen LogP contribution in [-0.4, -0.2) is 34.0 Å². The molecule has 2 heterocycles. The maximum Gasteiger partial charge on any atom is 0.184 e. The molecule has 6 nitrogen and oxygen atoms in total. The second-order valence-electron chi connectivity index (χ2n) is 6.16. The van der Waals surface area contributed by atoms with Gasteiger partial charge in [0.05, 0.1) is 11.4 Å². The summed E-state index contributed by atoms with van der Waals surface area (Å²) in [6.07, 6.45) is 1.41. The Hall–Kier alpha value is -3.54. The van der Waals surface area contributed by atoms with Crippen LogP contribution in [0.2, 0.25) is 0 Å². The first kappa shape index (κ1) is 16.0. The van der Waals surface area contributed by atoms with Crippen LogP contribution in [-0.2, 0) is 0 Å². The third-order valence-electron chi connectivity index (χ3n) is 4.20. The molecule has 2 N–H and O–H groups in total. The smallest absolute Gasteiger partial charge is 0.184 e. The standard InChI is InChI=1S/C20H18N6/c1-26(2)15-10-8-14(9-11-15)17-16(13-6-4-3-5-7-13)24-18-19(21)22-12-23-20(18)25-17/h3-12H,1-2H3,(H2,21,22,23,25). The van der Waals surface area contributed by atoms with Crippen molar-refractivity contribution in [1.29, 1.82) is 0 Å². The minimum Gasteiger partial charge on any atom is -0.382 e. The van der Waals surface area contributed by atoms with Crippen LogP contribution < -0.4 is 10.6 Å². The molecule has 26 heavy (non-hydrogen) atoms. The normalized spacial score (nSPS) is 10.8. The van der Waals surface area contributed by atoms with Gasteiger partial charge in [-0.05, 0) is 12.1 Å². The van der Waals surface area contributed by atoms with E-state index in [4.69, 9.17) is 15.7 Å². The Bertz CT molecular complexity index is 1060. The summed E-state index contributed by atoms with van der Waals surface area (Å²) in [5.74, 6) is 0.328. The molecule has 4 aromatic rings. The van der Waals surface area contributed by atoms with E-state index in [1.54, 1.807) is 0 Å². The van der Waals surface area contributed by atoms with Crippen LogP contribution in [0.25, 0.3) is 33.7 Å². The molecule has 0 atom stereocenters. The van der Waals surface area contributed by atoms with E-state index in [0.29, 0.717) is 17.0 Å². The van der Waals surface area contributed by atoms with Crippen molar-refractivity contribution in [2.24, 2.45) is 0 Å². The largest absolute Gasteiger partial charge is 0.382 e. The van der Waals surface area contributed by atoms with Crippen molar-refractivity contribution in [3.63, 3.8) is 0 Å². The highest BCUT2D eigenvalue weighted by atomic mass is 15.1. The number of aromatic nitrogens is 4. The van der Waals surface area contributed by atoms with E-state index in [-0.39, 0.29) is 0 Å². The maximum absolute atomic E-state index is 5.99. The number of fused-ring (bicyclic) bond motifs is 1. The van der Waals surface area contributed by atoms with E-state index in [2.05, 4.69) is 27.0 Å². The van der Waals surface area contributed by atoms with Crippen LogP contribution >= 0.6 is 0 Å². The molecule has 2 aromatic heterocycles. The van der Waals surface area contributed by atoms with E-state index in [1.165, 1.54) is 6.33 Å². The maximum atomic E-state index is 5.99. The quantitative estimate of drug-likeness (QED) is 0.614. The molecular weight excluding hydrogens is 324 g/mol. The number of rotatable bonds is 3. The van der Waals surface area contributed by atoms with Crippen LogP contribution in [0, 0.1) is 0 Å². The van der Waals surface area contributed by atoms with Crippen molar-refractivity contribution in [2.45, 2.75) is 0 Å². The molecule has 0 bridgehead atoms. The molecule has 4 rings (SSSR count). The second-order valence-corrected chi connectivity index (χ2v) is 6.16.